The van der Waals surface area contributed by atoms with Crippen molar-refractivity contribution in [2.75, 3.05) is 0 Å². The minimum absolute atomic E-state index is 0.204. The van der Waals surface area contributed by atoms with Gasteiger partial charge in [-0.25, -0.2) is 0 Å². The van der Waals surface area contributed by atoms with Crippen LogP contribution < -0.4 is 5.32 Å². The van der Waals surface area contributed by atoms with Gasteiger partial charge in [0, 0.05) is 0 Å². The molecule has 17 heavy (non-hydrogen) atoms. The molecule has 1 aliphatic rings. The van der Waals surface area contributed by atoms with Crippen molar-refractivity contribution in [3.05, 3.63) is 0 Å². The smallest absolute Gasteiger partial charge is 0.241 e. The summed E-state index contributed by atoms with van der Waals surface area (Å²) in [6.45, 7) is 3.54. The lowest BCUT2D eigenvalue weighted by Crippen LogP contribution is -2.49. The van der Waals surface area contributed by atoms with Crippen molar-refractivity contribution >= 4 is 5.91 Å². The van der Waals surface area contributed by atoms with Gasteiger partial charge in [-0.3, -0.25) is 4.79 Å². The Morgan fingerprint density at radius 3 is 2.24 bits per heavy atom. The molecule has 0 bridgehead atoms. The van der Waals surface area contributed by atoms with E-state index in [0.29, 0.717) is 12.8 Å². The minimum atomic E-state index is -0.870. The molecule has 3 heteroatoms. The average Bonchev–Trinajstić information content (AvgIpc) is 2.54. The van der Waals surface area contributed by atoms with E-state index in [1.165, 1.54) is 0 Å². The summed E-state index contributed by atoms with van der Waals surface area (Å²) in [5.74, 6) is 2.32. The molecule has 0 aliphatic heterocycles. The summed E-state index contributed by atoms with van der Waals surface area (Å²) in [7, 11) is 0. The first kappa shape index (κ1) is 13.6. The third-order valence-electron chi connectivity index (χ3n) is 3.39. The fourth-order valence-corrected chi connectivity index (χ4v) is 2.16. The molecule has 0 atom stereocenters. The highest BCUT2D eigenvalue weighted by Gasteiger charge is 2.40. The number of carbonyl (C=O) groups excluding carboxylic acids is 1. The highest BCUT2D eigenvalue weighted by atomic mass is 16.2. The van der Waals surface area contributed by atoms with Gasteiger partial charge in [0.2, 0.25) is 5.91 Å². The first-order chi connectivity index (χ1) is 7.96. The van der Waals surface area contributed by atoms with Crippen LogP contribution in [-0.2, 0) is 4.79 Å². The molecule has 1 fully saturated rings. The summed E-state index contributed by atoms with van der Waals surface area (Å²) in [6.07, 6.45) is 10.7. The second-order valence-electron chi connectivity index (χ2n) is 5.33. The number of nitrogens with zero attached hydrogens (tertiary/aromatic N) is 1. The van der Waals surface area contributed by atoms with Crippen LogP contribution in [0.5, 0.6) is 0 Å². The highest BCUT2D eigenvalue weighted by Crippen LogP contribution is 2.35. The summed E-state index contributed by atoms with van der Waals surface area (Å²) in [5, 5.41) is 12.1. The summed E-state index contributed by atoms with van der Waals surface area (Å²) < 4.78 is 0. The molecule has 1 saturated carbocycles. The Morgan fingerprint density at radius 1 is 1.29 bits per heavy atom. The van der Waals surface area contributed by atoms with Crippen LogP contribution in [0.3, 0.4) is 0 Å². The molecule has 0 spiro atoms. The Morgan fingerprint density at radius 2 is 1.82 bits per heavy atom. The molecule has 3 nitrogen and oxygen atoms in total. The van der Waals surface area contributed by atoms with E-state index in [2.05, 4.69) is 17.3 Å². The predicted octanol–water partition coefficient (Wildman–Crippen LogP) is 2.38. The molecule has 92 valence electrons. The fraction of sp³-hybridized carbons (Fsp3) is 0.714. The molecule has 1 N–H and O–H groups in total. The predicted molar refractivity (Wildman–Crippen MR) is 66.8 cm³/mol. The van der Waals surface area contributed by atoms with Crippen LogP contribution in [0.4, 0.5) is 0 Å². The van der Waals surface area contributed by atoms with Crippen LogP contribution in [0.2, 0.25) is 0 Å². The molecule has 0 heterocycles. The molecule has 1 rings (SSSR count). The van der Waals surface area contributed by atoms with Crippen molar-refractivity contribution in [1.29, 1.82) is 5.26 Å². The van der Waals surface area contributed by atoms with E-state index < -0.39 is 11.0 Å². The van der Waals surface area contributed by atoms with E-state index in [1.807, 2.05) is 0 Å². The zero-order chi connectivity index (χ0) is 12.9. The maximum Gasteiger partial charge on any atom is 0.241 e. The first-order valence-corrected chi connectivity index (χ1v) is 6.17. The van der Waals surface area contributed by atoms with Gasteiger partial charge >= 0.3 is 0 Å². The number of amides is 1. The quantitative estimate of drug-likeness (QED) is 0.587. The standard InChI is InChI=1S/C14H20N2O/c1-4-13(2,3)16-12(17)14(11-15)9-7-5-6-8-10-14/h1H,5-10H2,2-3H3,(H,16,17). The maximum atomic E-state index is 12.2. The zero-order valence-corrected chi connectivity index (χ0v) is 10.7. The van der Waals surface area contributed by atoms with Crippen molar-refractivity contribution in [3.63, 3.8) is 0 Å². The largest absolute Gasteiger partial charge is 0.339 e. The topological polar surface area (TPSA) is 52.9 Å². The second-order valence-corrected chi connectivity index (χ2v) is 5.33. The van der Waals surface area contributed by atoms with Gasteiger partial charge in [-0.05, 0) is 26.7 Å². The molecule has 0 saturated heterocycles. The summed E-state index contributed by atoms with van der Waals surface area (Å²) in [4.78, 5) is 12.2. The van der Waals surface area contributed by atoms with Crippen LogP contribution in [0.1, 0.15) is 52.4 Å². The maximum absolute atomic E-state index is 12.2. The molecule has 0 unspecified atom stereocenters. The van der Waals surface area contributed by atoms with Crippen molar-refractivity contribution in [1.82, 2.24) is 5.32 Å². The molecule has 0 aromatic rings. The molecular formula is C14H20N2O. The highest BCUT2D eigenvalue weighted by molar-refractivity contribution is 5.86. The van der Waals surface area contributed by atoms with Gasteiger partial charge < -0.3 is 5.32 Å². The van der Waals surface area contributed by atoms with Gasteiger partial charge in [-0.2, -0.15) is 5.26 Å². The Bertz CT molecular complexity index is 363. The Kier molecular flexibility index (Phi) is 4.18. The zero-order valence-electron chi connectivity index (χ0n) is 10.7. The second kappa shape index (κ2) is 5.23. The molecule has 0 aromatic carbocycles. The number of nitrogens with one attached hydrogen (secondary N) is 1. The molecule has 1 aliphatic carbocycles. The molecular weight excluding hydrogens is 212 g/mol. The Hall–Kier alpha value is -1.48. The van der Waals surface area contributed by atoms with Crippen LogP contribution in [-0.4, -0.2) is 11.4 Å². The third kappa shape index (κ3) is 3.24. The monoisotopic (exact) mass is 232 g/mol. The van der Waals surface area contributed by atoms with Gasteiger partial charge in [-0.1, -0.05) is 31.6 Å². The van der Waals surface area contributed by atoms with Gasteiger partial charge in [0.05, 0.1) is 11.6 Å². The number of hydrogen-bond acceptors (Lipinski definition) is 2. The van der Waals surface area contributed by atoms with Crippen LogP contribution in [0.25, 0.3) is 0 Å². The van der Waals surface area contributed by atoms with Crippen LogP contribution in [0.15, 0.2) is 0 Å². The number of terminal acetylenes is 1. The average molecular weight is 232 g/mol. The fourth-order valence-electron chi connectivity index (χ4n) is 2.16. The lowest BCUT2D eigenvalue weighted by molar-refractivity contribution is -0.129. The number of hydrogen-bond donors (Lipinski definition) is 1. The summed E-state index contributed by atoms with van der Waals surface area (Å²) in [6, 6.07) is 2.22. The number of carbonyl (C=O) groups is 1. The van der Waals surface area contributed by atoms with E-state index in [0.717, 1.165) is 25.7 Å². The van der Waals surface area contributed by atoms with Gasteiger partial charge in [0.25, 0.3) is 0 Å². The van der Waals surface area contributed by atoms with E-state index in [-0.39, 0.29) is 5.91 Å². The summed E-state index contributed by atoms with van der Waals surface area (Å²) >= 11 is 0. The van der Waals surface area contributed by atoms with Gasteiger partial charge in [0.1, 0.15) is 5.41 Å². The van der Waals surface area contributed by atoms with Crippen LogP contribution >= 0.6 is 0 Å². The van der Waals surface area contributed by atoms with Crippen molar-refractivity contribution in [2.24, 2.45) is 5.41 Å². The van der Waals surface area contributed by atoms with E-state index in [1.54, 1.807) is 13.8 Å². The summed E-state index contributed by atoms with van der Waals surface area (Å²) in [5.41, 5.74) is -1.56. The molecule has 1 amide bonds. The Labute approximate surface area is 104 Å². The normalized spacial score (nSPS) is 19.5. The van der Waals surface area contributed by atoms with Crippen molar-refractivity contribution in [3.8, 4) is 18.4 Å². The van der Waals surface area contributed by atoms with E-state index in [9.17, 15) is 10.1 Å². The lowest BCUT2D eigenvalue weighted by atomic mass is 9.80. The number of rotatable bonds is 2. The van der Waals surface area contributed by atoms with Crippen molar-refractivity contribution in [2.45, 2.75) is 57.9 Å². The first-order valence-electron chi connectivity index (χ1n) is 6.17. The lowest BCUT2D eigenvalue weighted by Gasteiger charge is -2.28. The van der Waals surface area contributed by atoms with E-state index in [4.69, 9.17) is 6.42 Å². The Balaban J connectivity index is 2.83. The van der Waals surface area contributed by atoms with Crippen molar-refractivity contribution < 1.29 is 4.79 Å². The third-order valence-corrected chi connectivity index (χ3v) is 3.39. The van der Waals surface area contributed by atoms with Gasteiger partial charge in [-0.15, -0.1) is 6.42 Å². The molecule has 0 radical (unpaired) electrons. The van der Waals surface area contributed by atoms with E-state index >= 15 is 0 Å². The molecule has 0 aromatic heterocycles. The van der Waals surface area contributed by atoms with Crippen LogP contribution in [0, 0.1) is 29.1 Å². The van der Waals surface area contributed by atoms with Gasteiger partial charge in [0.15, 0.2) is 0 Å². The SMILES string of the molecule is C#CC(C)(C)NC(=O)C1(C#N)CCCCCC1. The minimum Gasteiger partial charge on any atom is -0.339 e. The number of nitriles is 1.